The predicted octanol–water partition coefficient (Wildman–Crippen LogP) is 2.69. The second-order valence-electron chi connectivity index (χ2n) is 3.68. The van der Waals surface area contributed by atoms with E-state index in [1.165, 1.54) is 0 Å². The van der Waals surface area contributed by atoms with E-state index in [-0.39, 0.29) is 10.9 Å². The molecule has 2 aromatic rings. The highest BCUT2D eigenvalue weighted by molar-refractivity contribution is 6.43. The zero-order chi connectivity index (χ0) is 13.0. The zero-order valence-corrected chi connectivity index (χ0v) is 10.9. The molecule has 2 N–H and O–H groups in total. The van der Waals surface area contributed by atoms with Gasteiger partial charge in [0, 0.05) is 24.9 Å². The second kappa shape index (κ2) is 5.89. The van der Waals surface area contributed by atoms with Crippen LogP contribution in [0.25, 0.3) is 0 Å². The number of nitrogens with one attached hydrogen (secondary N) is 2. The van der Waals surface area contributed by atoms with Crippen LogP contribution in [-0.4, -0.2) is 22.4 Å². The first-order valence-corrected chi connectivity index (χ1v) is 6.13. The van der Waals surface area contributed by atoms with Gasteiger partial charge >= 0.3 is 0 Å². The summed E-state index contributed by atoms with van der Waals surface area (Å²) in [4.78, 5) is 18.7. The first-order valence-electron chi connectivity index (χ1n) is 5.38. The Morgan fingerprint density at radius 1 is 1.39 bits per heavy atom. The molecule has 1 aromatic heterocycles. The average Bonchev–Trinajstić information content (AvgIpc) is 2.85. The summed E-state index contributed by atoms with van der Waals surface area (Å²) in [5.74, 6) is -0.234. The van der Waals surface area contributed by atoms with Gasteiger partial charge in [-0.25, -0.2) is 4.98 Å². The van der Waals surface area contributed by atoms with Crippen molar-refractivity contribution in [1.29, 1.82) is 0 Å². The minimum absolute atomic E-state index is 0.234. The molecule has 0 saturated heterocycles. The molecule has 18 heavy (non-hydrogen) atoms. The molecular weight excluding hydrogens is 273 g/mol. The zero-order valence-electron chi connectivity index (χ0n) is 9.41. The summed E-state index contributed by atoms with van der Waals surface area (Å²) in [7, 11) is 0. The summed E-state index contributed by atoms with van der Waals surface area (Å²) >= 11 is 11.8. The number of aromatic nitrogens is 2. The maximum Gasteiger partial charge on any atom is 0.252 e. The van der Waals surface area contributed by atoms with Gasteiger partial charge in [0.15, 0.2) is 0 Å². The van der Waals surface area contributed by atoms with Crippen LogP contribution in [0.5, 0.6) is 0 Å². The smallest absolute Gasteiger partial charge is 0.252 e. The number of carbonyl (C=O) groups is 1. The Morgan fingerprint density at radius 2 is 2.22 bits per heavy atom. The number of aromatic amines is 1. The number of nitrogens with zero attached hydrogens (tertiary/aromatic N) is 1. The molecule has 0 atom stereocenters. The summed E-state index contributed by atoms with van der Waals surface area (Å²) < 4.78 is 0. The van der Waals surface area contributed by atoms with Gasteiger partial charge in [-0.1, -0.05) is 29.3 Å². The van der Waals surface area contributed by atoms with Crippen LogP contribution in [0.15, 0.2) is 30.7 Å². The fourth-order valence-corrected chi connectivity index (χ4v) is 1.89. The predicted molar refractivity (Wildman–Crippen MR) is 71.1 cm³/mol. The van der Waals surface area contributed by atoms with Crippen molar-refractivity contribution in [1.82, 2.24) is 15.3 Å². The van der Waals surface area contributed by atoms with E-state index in [9.17, 15) is 4.79 Å². The third-order valence-electron chi connectivity index (χ3n) is 2.43. The lowest BCUT2D eigenvalue weighted by Gasteiger charge is -2.06. The molecule has 1 heterocycles. The second-order valence-corrected chi connectivity index (χ2v) is 4.47. The summed E-state index contributed by atoms with van der Waals surface area (Å²) in [6.07, 6.45) is 4.01. The minimum Gasteiger partial charge on any atom is -0.352 e. The van der Waals surface area contributed by atoms with Gasteiger partial charge in [-0.15, -0.1) is 0 Å². The third-order valence-corrected chi connectivity index (χ3v) is 3.25. The van der Waals surface area contributed by atoms with Crippen LogP contribution < -0.4 is 5.32 Å². The van der Waals surface area contributed by atoms with Gasteiger partial charge in [0.05, 0.1) is 21.9 Å². The van der Waals surface area contributed by atoms with Gasteiger partial charge in [0.25, 0.3) is 5.91 Å². The van der Waals surface area contributed by atoms with Crippen molar-refractivity contribution in [3.63, 3.8) is 0 Å². The molecule has 4 nitrogen and oxygen atoms in total. The number of hydrogen-bond donors (Lipinski definition) is 2. The highest BCUT2D eigenvalue weighted by Gasteiger charge is 2.11. The first-order chi connectivity index (χ1) is 8.68. The molecule has 0 unspecified atom stereocenters. The van der Waals surface area contributed by atoms with Crippen molar-refractivity contribution >= 4 is 29.1 Å². The van der Waals surface area contributed by atoms with Crippen molar-refractivity contribution in [2.24, 2.45) is 0 Å². The molecule has 94 valence electrons. The van der Waals surface area contributed by atoms with E-state index in [1.807, 2.05) is 0 Å². The normalized spacial score (nSPS) is 10.3. The number of H-pyrrole nitrogens is 1. The monoisotopic (exact) mass is 283 g/mol. The lowest BCUT2D eigenvalue weighted by molar-refractivity contribution is 0.0954. The third kappa shape index (κ3) is 3.03. The van der Waals surface area contributed by atoms with Gasteiger partial charge in [-0.05, 0) is 12.1 Å². The van der Waals surface area contributed by atoms with Crippen LogP contribution in [0.1, 0.15) is 16.1 Å². The molecule has 1 aromatic carbocycles. The number of amides is 1. The molecule has 0 radical (unpaired) electrons. The maximum absolute atomic E-state index is 11.9. The SMILES string of the molecule is O=C(NCCc1cnc[nH]1)c1cccc(Cl)c1Cl. The van der Waals surface area contributed by atoms with E-state index in [0.717, 1.165) is 5.69 Å². The van der Waals surface area contributed by atoms with E-state index >= 15 is 0 Å². The molecule has 0 fully saturated rings. The molecule has 0 bridgehead atoms. The van der Waals surface area contributed by atoms with Gasteiger partial charge in [0.2, 0.25) is 0 Å². The van der Waals surface area contributed by atoms with E-state index in [0.29, 0.717) is 23.6 Å². The Kier molecular flexibility index (Phi) is 4.23. The van der Waals surface area contributed by atoms with E-state index < -0.39 is 0 Å². The Hall–Kier alpha value is -1.52. The van der Waals surface area contributed by atoms with Gasteiger partial charge in [-0.3, -0.25) is 4.79 Å². The highest BCUT2D eigenvalue weighted by atomic mass is 35.5. The van der Waals surface area contributed by atoms with E-state index in [4.69, 9.17) is 23.2 Å². The number of benzene rings is 1. The molecule has 0 spiro atoms. The Bertz CT molecular complexity index is 540. The van der Waals surface area contributed by atoms with Crippen molar-refractivity contribution < 1.29 is 4.79 Å². The Balaban J connectivity index is 1.93. The summed E-state index contributed by atoms with van der Waals surface area (Å²) in [5.41, 5.74) is 1.35. The first kappa shape index (κ1) is 12.9. The molecule has 0 aliphatic carbocycles. The molecule has 0 aliphatic heterocycles. The summed E-state index contributed by atoms with van der Waals surface area (Å²) in [6, 6.07) is 4.98. The van der Waals surface area contributed by atoms with Crippen molar-refractivity contribution in [2.75, 3.05) is 6.54 Å². The Labute approximate surface area is 114 Å². The molecule has 6 heteroatoms. The topological polar surface area (TPSA) is 57.8 Å². The maximum atomic E-state index is 11.9. The largest absolute Gasteiger partial charge is 0.352 e. The molecule has 1 amide bonds. The fourth-order valence-electron chi connectivity index (χ4n) is 1.51. The van der Waals surface area contributed by atoms with Gasteiger partial charge < -0.3 is 10.3 Å². The minimum atomic E-state index is -0.234. The fraction of sp³-hybridized carbons (Fsp3) is 0.167. The van der Waals surface area contributed by atoms with E-state index in [2.05, 4.69) is 15.3 Å². The van der Waals surface area contributed by atoms with Crippen LogP contribution in [0.4, 0.5) is 0 Å². The standard InChI is InChI=1S/C12H11Cl2N3O/c13-10-3-1-2-9(11(10)14)12(18)16-5-4-8-6-15-7-17-8/h1-3,6-7H,4-5H2,(H,15,17)(H,16,18). The van der Waals surface area contributed by atoms with Crippen LogP contribution >= 0.6 is 23.2 Å². The van der Waals surface area contributed by atoms with Crippen LogP contribution in [0, 0.1) is 0 Å². The van der Waals surface area contributed by atoms with Crippen molar-refractivity contribution in [3.05, 3.63) is 52.0 Å². The number of imidazole rings is 1. The number of carbonyl (C=O) groups excluding carboxylic acids is 1. The number of rotatable bonds is 4. The van der Waals surface area contributed by atoms with Crippen LogP contribution in [0.2, 0.25) is 10.0 Å². The lowest BCUT2D eigenvalue weighted by atomic mass is 10.2. The van der Waals surface area contributed by atoms with Gasteiger partial charge in [0.1, 0.15) is 0 Å². The highest BCUT2D eigenvalue weighted by Crippen LogP contribution is 2.25. The number of hydrogen-bond acceptors (Lipinski definition) is 2. The van der Waals surface area contributed by atoms with Crippen molar-refractivity contribution in [3.8, 4) is 0 Å². The summed E-state index contributed by atoms with van der Waals surface area (Å²) in [5, 5.41) is 3.42. The quantitative estimate of drug-likeness (QED) is 0.906. The molecular formula is C12H11Cl2N3O. The molecule has 0 saturated carbocycles. The molecule has 2 rings (SSSR count). The Morgan fingerprint density at radius 3 is 2.94 bits per heavy atom. The molecule has 0 aliphatic rings. The van der Waals surface area contributed by atoms with Crippen LogP contribution in [-0.2, 0) is 6.42 Å². The van der Waals surface area contributed by atoms with Gasteiger partial charge in [-0.2, -0.15) is 0 Å². The summed E-state index contributed by atoms with van der Waals surface area (Å²) in [6.45, 7) is 0.504. The average molecular weight is 284 g/mol. The lowest BCUT2D eigenvalue weighted by Crippen LogP contribution is -2.26. The van der Waals surface area contributed by atoms with Crippen LogP contribution in [0.3, 0.4) is 0 Å². The number of halogens is 2. The van der Waals surface area contributed by atoms with Crippen molar-refractivity contribution in [2.45, 2.75) is 6.42 Å². The van der Waals surface area contributed by atoms with E-state index in [1.54, 1.807) is 30.7 Å².